The second kappa shape index (κ2) is 4.40. The lowest BCUT2D eigenvalue weighted by Crippen LogP contribution is -2.06. The molecule has 2 aromatic heterocycles. The highest BCUT2D eigenvalue weighted by Gasteiger charge is 2.09. The average molecular weight is 232 g/mol. The third kappa shape index (κ3) is 2.35. The summed E-state index contributed by atoms with van der Waals surface area (Å²) in [5.41, 5.74) is 8.90. The fourth-order valence-corrected chi connectivity index (χ4v) is 1.70. The number of aryl methyl sites for hydroxylation is 2. The Balaban J connectivity index is 2.12. The monoisotopic (exact) mass is 232 g/mol. The van der Waals surface area contributed by atoms with Gasteiger partial charge < -0.3 is 11.1 Å². The van der Waals surface area contributed by atoms with Crippen molar-refractivity contribution in [3.8, 4) is 0 Å². The number of nitrogen functional groups attached to an aromatic ring is 1. The van der Waals surface area contributed by atoms with E-state index in [0.717, 1.165) is 11.4 Å². The summed E-state index contributed by atoms with van der Waals surface area (Å²) in [6.07, 6.45) is 1.63. The molecule has 0 bridgehead atoms. The van der Waals surface area contributed by atoms with Crippen molar-refractivity contribution in [2.45, 2.75) is 20.4 Å². The smallest absolute Gasteiger partial charge is 0.224 e. The van der Waals surface area contributed by atoms with E-state index < -0.39 is 0 Å². The molecule has 0 aliphatic carbocycles. The van der Waals surface area contributed by atoms with Crippen molar-refractivity contribution in [3.63, 3.8) is 0 Å². The van der Waals surface area contributed by atoms with Crippen LogP contribution in [0.2, 0.25) is 0 Å². The van der Waals surface area contributed by atoms with Gasteiger partial charge in [-0.1, -0.05) is 0 Å². The molecule has 0 unspecified atom stereocenters. The van der Waals surface area contributed by atoms with Crippen molar-refractivity contribution in [3.05, 3.63) is 29.2 Å². The first kappa shape index (κ1) is 11.4. The molecule has 0 atom stereocenters. The highest BCUT2D eigenvalue weighted by molar-refractivity contribution is 5.37. The maximum atomic E-state index is 5.58. The molecule has 6 heteroatoms. The quantitative estimate of drug-likeness (QED) is 0.825. The topological polar surface area (TPSA) is 81.7 Å². The van der Waals surface area contributed by atoms with E-state index in [1.54, 1.807) is 12.3 Å². The van der Waals surface area contributed by atoms with Gasteiger partial charge in [0.1, 0.15) is 5.82 Å². The van der Waals surface area contributed by atoms with E-state index in [0.29, 0.717) is 18.3 Å². The summed E-state index contributed by atoms with van der Waals surface area (Å²) in [6, 6.07) is 1.66. The number of nitrogens with one attached hydrogen (secondary N) is 1. The van der Waals surface area contributed by atoms with E-state index in [-0.39, 0.29) is 0 Å². The van der Waals surface area contributed by atoms with Crippen LogP contribution in [0.4, 0.5) is 11.8 Å². The van der Waals surface area contributed by atoms with E-state index in [1.165, 1.54) is 5.56 Å². The molecule has 0 saturated heterocycles. The Kier molecular flexibility index (Phi) is 2.95. The molecule has 0 saturated carbocycles. The second-order valence-electron chi connectivity index (χ2n) is 3.93. The minimum absolute atomic E-state index is 0.460. The lowest BCUT2D eigenvalue weighted by molar-refractivity contribution is 0.730. The van der Waals surface area contributed by atoms with Crippen LogP contribution >= 0.6 is 0 Å². The van der Waals surface area contributed by atoms with Crippen LogP contribution in [0.25, 0.3) is 0 Å². The summed E-state index contributed by atoms with van der Waals surface area (Å²) in [5.74, 6) is 0.995. The Morgan fingerprint density at radius 3 is 2.76 bits per heavy atom. The third-order valence-electron chi connectivity index (χ3n) is 2.76. The molecule has 0 aliphatic rings. The number of aromatic nitrogens is 4. The molecule has 3 N–H and O–H groups in total. The molecule has 90 valence electrons. The third-order valence-corrected chi connectivity index (χ3v) is 2.76. The fraction of sp³-hybridized carbons (Fsp3) is 0.364. The van der Waals surface area contributed by atoms with Gasteiger partial charge in [0, 0.05) is 31.0 Å². The summed E-state index contributed by atoms with van der Waals surface area (Å²) in [4.78, 5) is 8.17. The van der Waals surface area contributed by atoms with Gasteiger partial charge in [0.15, 0.2) is 0 Å². The highest BCUT2D eigenvalue weighted by Crippen LogP contribution is 2.13. The molecule has 2 aromatic rings. The Morgan fingerprint density at radius 1 is 1.41 bits per heavy atom. The normalized spacial score (nSPS) is 10.5. The van der Waals surface area contributed by atoms with E-state index in [4.69, 9.17) is 5.73 Å². The van der Waals surface area contributed by atoms with Crippen molar-refractivity contribution >= 4 is 11.8 Å². The molecule has 0 amide bonds. The molecule has 0 aromatic carbocycles. The minimum Gasteiger partial charge on any atom is -0.384 e. The molecule has 0 radical (unpaired) electrons. The predicted octanol–water partition coefficient (Wildman–Crippen LogP) is 1.02. The lowest BCUT2D eigenvalue weighted by atomic mass is 10.2. The van der Waals surface area contributed by atoms with Crippen LogP contribution in [0.1, 0.15) is 17.0 Å². The first-order valence-electron chi connectivity index (χ1n) is 5.39. The average Bonchev–Trinajstić information content (AvgIpc) is 2.51. The molecule has 2 heterocycles. The van der Waals surface area contributed by atoms with Crippen molar-refractivity contribution < 1.29 is 0 Å². The maximum Gasteiger partial charge on any atom is 0.224 e. The molecular weight excluding hydrogens is 216 g/mol. The van der Waals surface area contributed by atoms with Crippen LogP contribution < -0.4 is 11.1 Å². The maximum absolute atomic E-state index is 5.58. The van der Waals surface area contributed by atoms with Gasteiger partial charge in [-0.05, 0) is 19.9 Å². The van der Waals surface area contributed by atoms with Gasteiger partial charge in [-0.25, -0.2) is 4.98 Å². The predicted molar refractivity (Wildman–Crippen MR) is 66.5 cm³/mol. The summed E-state index contributed by atoms with van der Waals surface area (Å²) in [6.45, 7) is 4.68. The number of nitrogens with zero attached hydrogens (tertiary/aromatic N) is 4. The van der Waals surface area contributed by atoms with E-state index in [9.17, 15) is 0 Å². The molecule has 0 fully saturated rings. The van der Waals surface area contributed by atoms with Crippen molar-refractivity contribution in [2.24, 2.45) is 7.05 Å². The molecular formula is C11H16N6. The van der Waals surface area contributed by atoms with Crippen molar-refractivity contribution in [1.82, 2.24) is 19.7 Å². The first-order chi connectivity index (χ1) is 8.08. The minimum atomic E-state index is 0.460. The van der Waals surface area contributed by atoms with Gasteiger partial charge in [0.25, 0.3) is 0 Å². The summed E-state index contributed by atoms with van der Waals surface area (Å²) >= 11 is 0. The SMILES string of the molecule is Cc1nn(C)c(C)c1CNc1nccc(N)n1. The van der Waals surface area contributed by atoms with Gasteiger partial charge in [-0.2, -0.15) is 10.1 Å². The van der Waals surface area contributed by atoms with Gasteiger partial charge in [-0.15, -0.1) is 0 Å². The van der Waals surface area contributed by atoms with Gasteiger partial charge >= 0.3 is 0 Å². The fourth-order valence-electron chi connectivity index (χ4n) is 1.70. The van der Waals surface area contributed by atoms with Crippen LogP contribution in [0.3, 0.4) is 0 Å². The number of hydrogen-bond donors (Lipinski definition) is 2. The largest absolute Gasteiger partial charge is 0.384 e. The van der Waals surface area contributed by atoms with Crippen LogP contribution in [0.5, 0.6) is 0 Å². The van der Waals surface area contributed by atoms with Crippen LogP contribution in [-0.2, 0) is 13.6 Å². The summed E-state index contributed by atoms with van der Waals surface area (Å²) in [7, 11) is 1.93. The lowest BCUT2D eigenvalue weighted by Gasteiger charge is -2.05. The van der Waals surface area contributed by atoms with E-state index in [1.807, 2.05) is 25.6 Å². The number of nitrogens with two attached hydrogens (primary N) is 1. The number of hydrogen-bond acceptors (Lipinski definition) is 5. The van der Waals surface area contributed by atoms with Gasteiger partial charge in [-0.3, -0.25) is 4.68 Å². The Labute approximate surface area is 99.9 Å². The Morgan fingerprint density at radius 2 is 2.18 bits per heavy atom. The zero-order valence-electron chi connectivity index (χ0n) is 10.2. The molecule has 0 aliphatic heterocycles. The standard InChI is InChI=1S/C11H16N6/c1-7-9(8(2)17(3)16-7)6-14-11-13-5-4-10(12)15-11/h4-5H,6H2,1-3H3,(H3,12,13,14,15). The molecule has 6 nitrogen and oxygen atoms in total. The first-order valence-corrected chi connectivity index (χ1v) is 5.39. The zero-order chi connectivity index (χ0) is 12.4. The molecule has 17 heavy (non-hydrogen) atoms. The molecule has 0 spiro atoms. The zero-order valence-corrected chi connectivity index (χ0v) is 10.2. The highest BCUT2D eigenvalue weighted by atomic mass is 15.3. The van der Waals surface area contributed by atoms with E-state index >= 15 is 0 Å². The van der Waals surface area contributed by atoms with Crippen LogP contribution in [0, 0.1) is 13.8 Å². The van der Waals surface area contributed by atoms with Crippen LogP contribution in [0.15, 0.2) is 12.3 Å². The summed E-state index contributed by atoms with van der Waals surface area (Å²) in [5, 5.41) is 7.49. The van der Waals surface area contributed by atoms with Gasteiger partial charge in [0.05, 0.1) is 5.69 Å². The number of rotatable bonds is 3. The van der Waals surface area contributed by atoms with Crippen molar-refractivity contribution in [1.29, 1.82) is 0 Å². The summed E-state index contributed by atoms with van der Waals surface area (Å²) < 4.78 is 1.87. The Hall–Kier alpha value is -2.11. The molecule has 2 rings (SSSR count). The van der Waals surface area contributed by atoms with Crippen LogP contribution in [-0.4, -0.2) is 19.7 Å². The van der Waals surface area contributed by atoms with Crippen molar-refractivity contribution in [2.75, 3.05) is 11.1 Å². The second-order valence-corrected chi connectivity index (χ2v) is 3.93. The van der Waals surface area contributed by atoms with E-state index in [2.05, 4.69) is 20.4 Å². The van der Waals surface area contributed by atoms with Gasteiger partial charge in [0.2, 0.25) is 5.95 Å². The number of anilines is 2. The Bertz CT molecular complexity index is 531.